The Hall–Kier alpha value is -2.82. The maximum Gasteiger partial charge on any atom is 0.226 e. The Balaban J connectivity index is 1.73. The minimum Gasteiger partial charge on any atom is -0.467 e. The van der Waals surface area contributed by atoms with Crippen LogP contribution in [0.2, 0.25) is 0 Å². The molecule has 0 spiro atoms. The van der Waals surface area contributed by atoms with Gasteiger partial charge in [0.1, 0.15) is 18.1 Å². The summed E-state index contributed by atoms with van der Waals surface area (Å²) in [4.78, 5) is 12.1. The van der Waals surface area contributed by atoms with Crippen molar-refractivity contribution in [3.05, 3.63) is 71.8 Å². The van der Waals surface area contributed by atoms with Gasteiger partial charge in [0.2, 0.25) is 5.91 Å². The third-order valence-electron chi connectivity index (χ3n) is 3.98. The number of carbonyl (C=O) groups excluding carboxylic acids is 1. The average molecular weight is 293 g/mol. The third-order valence-corrected chi connectivity index (χ3v) is 3.98. The van der Waals surface area contributed by atoms with Crippen LogP contribution in [0.15, 0.2) is 59.3 Å². The number of nitrogens with zero attached hydrogens (tertiary/aromatic N) is 2. The zero-order valence-corrected chi connectivity index (χ0v) is 11.9. The number of fused-ring (bicyclic) bond motifs is 1. The van der Waals surface area contributed by atoms with E-state index in [1.54, 1.807) is 10.9 Å². The van der Waals surface area contributed by atoms with Crippen LogP contribution in [0.4, 0.5) is 5.82 Å². The van der Waals surface area contributed by atoms with Crippen LogP contribution in [0.5, 0.6) is 0 Å². The fourth-order valence-corrected chi connectivity index (χ4v) is 2.92. The van der Waals surface area contributed by atoms with Crippen molar-refractivity contribution in [1.29, 1.82) is 0 Å². The highest BCUT2D eigenvalue weighted by Gasteiger charge is 2.29. The topological polar surface area (TPSA) is 60.1 Å². The maximum absolute atomic E-state index is 12.1. The molecular weight excluding hydrogens is 278 g/mol. The first-order valence-electron chi connectivity index (χ1n) is 7.24. The van der Waals surface area contributed by atoms with Gasteiger partial charge >= 0.3 is 0 Å². The molecule has 3 aromatic rings. The predicted molar refractivity (Wildman–Crippen MR) is 81.6 cm³/mol. The molecule has 0 fully saturated rings. The fourth-order valence-electron chi connectivity index (χ4n) is 2.92. The van der Waals surface area contributed by atoms with E-state index in [9.17, 15) is 4.79 Å². The number of benzene rings is 1. The van der Waals surface area contributed by atoms with Crippen LogP contribution in [0.1, 0.15) is 29.2 Å². The molecule has 1 amide bonds. The number of hydrogen-bond acceptors (Lipinski definition) is 3. The van der Waals surface area contributed by atoms with Gasteiger partial charge in [0.25, 0.3) is 0 Å². The van der Waals surface area contributed by atoms with E-state index in [1.807, 2.05) is 36.5 Å². The molecule has 4 rings (SSSR count). The Morgan fingerprint density at radius 1 is 1.23 bits per heavy atom. The zero-order chi connectivity index (χ0) is 14.9. The normalized spacial score (nSPS) is 17.1. The van der Waals surface area contributed by atoms with E-state index in [-0.39, 0.29) is 11.8 Å². The lowest BCUT2D eigenvalue weighted by atomic mass is 9.87. The van der Waals surface area contributed by atoms with Gasteiger partial charge in [0.05, 0.1) is 12.5 Å². The molecule has 1 aliphatic rings. The van der Waals surface area contributed by atoms with E-state index in [2.05, 4.69) is 22.5 Å². The van der Waals surface area contributed by atoms with Crippen LogP contribution in [-0.4, -0.2) is 15.7 Å². The highest BCUT2D eigenvalue weighted by atomic mass is 16.3. The van der Waals surface area contributed by atoms with Crippen LogP contribution in [0.3, 0.4) is 0 Å². The van der Waals surface area contributed by atoms with Crippen molar-refractivity contribution < 1.29 is 9.21 Å². The molecule has 3 heterocycles. The lowest BCUT2D eigenvalue weighted by Gasteiger charge is -2.23. The lowest BCUT2D eigenvalue weighted by Crippen LogP contribution is -2.25. The predicted octanol–water partition coefficient (Wildman–Crippen LogP) is 3.00. The van der Waals surface area contributed by atoms with Crippen molar-refractivity contribution in [2.75, 3.05) is 5.32 Å². The summed E-state index contributed by atoms with van der Waals surface area (Å²) >= 11 is 0. The van der Waals surface area contributed by atoms with Crippen molar-refractivity contribution in [3.8, 4) is 0 Å². The van der Waals surface area contributed by atoms with Gasteiger partial charge in [-0.2, -0.15) is 5.10 Å². The summed E-state index contributed by atoms with van der Waals surface area (Å²) in [5, 5.41) is 7.37. The first-order valence-corrected chi connectivity index (χ1v) is 7.24. The number of nitrogens with one attached hydrogen (secondary N) is 1. The van der Waals surface area contributed by atoms with E-state index < -0.39 is 0 Å². The molecule has 0 bridgehead atoms. The molecule has 5 heteroatoms. The molecule has 1 aromatic carbocycles. The highest BCUT2D eigenvalue weighted by Crippen LogP contribution is 2.37. The molecule has 0 saturated carbocycles. The molecule has 22 heavy (non-hydrogen) atoms. The Morgan fingerprint density at radius 2 is 2.09 bits per heavy atom. The lowest BCUT2D eigenvalue weighted by molar-refractivity contribution is -0.116. The molecule has 1 atom stereocenters. The SMILES string of the molecule is O=C1C[C@@H](c2ccccc2)c2cnn(Cc3ccco3)c2N1. The number of carbonyl (C=O) groups is 1. The van der Waals surface area contributed by atoms with Crippen LogP contribution in [0, 0.1) is 0 Å². The summed E-state index contributed by atoms with van der Waals surface area (Å²) in [6.45, 7) is 0.504. The molecular formula is C17H15N3O2. The second-order valence-electron chi connectivity index (χ2n) is 5.40. The van der Waals surface area contributed by atoms with Crippen molar-refractivity contribution in [3.63, 3.8) is 0 Å². The van der Waals surface area contributed by atoms with E-state index in [4.69, 9.17) is 4.42 Å². The standard InChI is InChI=1S/C17H15N3O2/c21-16-9-14(12-5-2-1-3-6-12)15-10-18-20(17(15)19-16)11-13-7-4-8-22-13/h1-8,10,14H,9,11H2,(H,19,21)/t14-/m0/s1. The molecule has 0 saturated heterocycles. The van der Waals surface area contributed by atoms with Crippen LogP contribution >= 0.6 is 0 Å². The fraction of sp³-hybridized carbons (Fsp3) is 0.176. The van der Waals surface area contributed by atoms with Gasteiger partial charge in [0.15, 0.2) is 0 Å². The summed E-state index contributed by atoms with van der Waals surface area (Å²) in [6.07, 6.45) is 3.93. The first-order chi connectivity index (χ1) is 10.8. The first kappa shape index (κ1) is 12.9. The molecule has 2 aromatic heterocycles. The minimum atomic E-state index is 0.0162. The molecule has 1 aliphatic heterocycles. The minimum absolute atomic E-state index is 0.0162. The molecule has 110 valence electrons. The largest absolute Gasteiger partial charge is 0.467 e. The number of amides is 1. The number of furan rings is 1. The van der Waals surface area contributed by atoms with Gasteiger partial charge in [-0.05, 0) is 17.7 Å². The number of rotatable bonds is 3. The van der Waals surface area contributed by atoms with E-state index in [1.165, 1.54) is 0 Å². The Kier molecular flexibility index (Phi) is 3.04. The monoisotopic (exact) mass is 293 g/mol. The van der Waals surface area contributed by atoms with Crippen molar-refractivity contribution in [2.45, 2.75) is 18.9 Å². The van der Waals surface area contributed by atoms with Gasteiger partial charge in [-0.15, -0.1) is 0 Å². The summed E-state index contributed by atoms with van der Waals surface area (Å²) in [6, 6.07) is 13.8. The molecule has 0 unspecified atom stereocenters. The summed E-state index contributed by atoms with van der Waals surface area (Å²) < 4.78 is 7.14. The van der Waals surface area contributed by atoms with Crippen LogP contribution in [-0.2, 0) is 11.3 Å². The van der Waals surface area contributed by atoms with E-state index >= 15 is 0 Å². The molecule has 0 radical (unpaired) electrons. The number of aromatic nitrogens is 2. The zero-order valence-electron chi connectivity index (χ0n) is 11.9. The second-order valence-corrected chi connectivity index (χ2v) is 5.40. The van der Waals surface area contributed by atoms with Crippen LogP contribution in [0.25, 0.3) is 0 Å². The third kappa shape index (κ3) is 2.20. The number of hydrogen-bond donors (Lipinski definition) is 1. The van der Waals surface area contributed by atoms with Crippen molar-refractivity contribution in [1.82, 2.24) is 9.78 Å². The van der Waals surface area contributed by atoms with Gasteiger partial charge < -0.3 is 9.73 Å². The summed E-state index contributed by atoms with van der Waals surface area (Å²) in [5.41, 5.74) is 2.19. The Morgan fingerprint density at radius 3 is 2.86 bits per heavy atom. The van der Waals surface area contributed by atoms with Crippen molar-refractivity contribution in [2.24, 2.45) is 0 Å². The maximum atomic E-state index is 12.1. The van der Waals surface area contributed by atoms with Gasteiger partial charge in [-0.25, -0.2) is 4.68 Å². The smallest absolute Gasteiger partial charge is 0.226 e. The number of anilines is 1. The average Bonchev–Trinajstić information content (AvgIpc) is 3.18. The highest BCUT2D eigenvalue weighted by molar-refractivity contribution is 5.94. The van der Waals surface area contributed by atoms with E-state index in [0.717, 1.165) is 22.7 Å². The van der Waals surface area contributed by atoms with Gasteiger partial charge in [-0.1, -0.05) is 30.3 Å². The second kappa shape index (κ2) is 5.18. The van der Waals surface area contributed by atoms with Gasteiger partial charge in [-0.3, -0.25) is 4.79 Å². The molecule has 0 aliphatic carbocycles. The Bertz CT molecular complexity index is 791. The van der Waals surface area contributed by atoms with Crippen molar-refractivity contribution >= 4 is 11.7 Å². The van der Waals surface area contributed by atoms with Crippen LogP contribution < -0.4 is 5.32 Å². The summed E-state index contributed by atoms with van der Waals surface area (Å²) in [7, 11) is 0. The van der Waals surface area contributed by atoms with Gasteiger partial charge in [0, 0.05) is 17.9 Å². The molecule has 5 nitrogen and oxygen atoms in total. The quantitative estimate of drug-likeness (QED) is 0.807. The van der Waals surface area contributed by atoms with E-state index in [0.29, 0.717) is 13.0 Å². The molecule has 1 N–H and O–H groups in total. The Labute approximate surface area is 127 Å². The summed E-state index contributed by atoms with van der Waals surface area (Å²) in [5.74, 6) is 1.64.